The number of aromatic amines is 1. The van der Waals surface area contributed by atoms with E-state index in [1.807, 2.05) is 72.8 Å². The Bertz CT molecular complexity index is 1180. The van der Waals surface area contributed by atoms with E-state index in [0.717, 1.165) is 33.8 Å². The molecule has 0 aliphatic carbocycles. The first-order valence-corrected chi connectivity index (χ1v) is 10.0. The van der Waals surface area contributed by atoms with Crippen LogP contribution in [0.4, 0.5) is 11.6 Å². The summed E-state index contributed by atoms with van der Waals surface area (Å²) in [5, 5.41) is 6.45. The Morgan fingerprint density at radius 2 is 1.74 bits per heavy atom. The molecule has 4 rings (SSSR count). The van der Waals surface area contributed by atoms with Crippen molar-refractivity contribution in [3.63, 3.8) is 0 Å². The van der Waals surface area contributed by atoms with E-state index in [2.05, 4.69) is 20.6 Å². The van der Waals surface area contributed by atoms with Crippen molar-refractivity contribution in [2.75, 3.05) is 10.6 Å². The normalized spacial score (nSPS) is 11.3. The minimum absolute atomic E-state index is 0.417. The molecule has 1 heterocycles. The van der Waals surface area contributed by atoms with E-state index < -0.39 is 11.4 Å². The van der Waals surface area contributed by atoms with Gasteiger partial charge in [-0.3, -0.25) is 4.79 Å². The number of carbonyl (C=O) groups excluding carboxylic acids is 1. The van der Waals surface area contributed by atoms with Crippen molar-refractivity contribution in [1.82, 2.24) is 9.97 Å². The van der Waals surface area contributed by atoms with Gasteiger partial charge in [-0.15, -0.1) is 0 Å². The van der Waals surface area contributed by atoms with Crippen LogP contribution >= 0.6 is 0 Å². The van der Waals surface area contributed by atoms with Crippen LogP contribution in [0.15, 0.2) is 72.8 Å². The van der Waals surface area contributed by atoms with Gasteiger partial charge in [-0.25, -0.2) is 4.98 Å². The summed E-state index contributed by atoms with van der Waals surface area (Å²) in [5.74, 6) is 1.85. The molecule has 0 bridgehead atoms. The second-order valence-electron chi connectivity index (χ2n) is 7.84. The van der Waals surface area contributed by atoms with Gasteiger partial charge in [-0.2, -0.15) is 0 Å². The molecular formula is C24H25N5O2. The first kappa shape index (κ1) is 20.3. The molecule has 0 saturated heterocycles. The fraction of sp³-hybridized carbons (Fsp3) is 0.167. The number of para-hydroxylation sites is 1. The van der Waals surface area contributed by atoms with Crippen LogP contribution < -0.4 is 21.1 Å². The van der Waals surface area contributed by atoms with Gasteiger partial charge in [0.05, 0.1) is 11.0 Å². The largest absolute Gasteiger partial charge is 0.457 e. The lowest BCUT2D eigenvalue weighted by atomic mass is 10.0. The number of carbonyl (C=O) groups is 1. The van der Waals surface area contributed by atoms with Gasteiger partial charge in [0.25, 0.3) is 0 Å². The molecule has 5 N–H and O–H groups in total. The van der Waals surface area contributed by atoms with Crippen LogP contribution in [0.3, 0.4) is 0 Å². The topological polar surface area (TPSA) is 105 Å². The van der Waals surface area contributed by atoms with Crippen molar-refractivity contribution >= 4 is 28.6 Å². The van der Waals surface area contributed by atoms with Crippen molar-refractivity contribution in [3.05, 3.63) is 78.4 Å². The summed E-state index contributed by atoms with van der Waals surface area (Å²) >= 11 is 0. The van der Waals surface area contributed by atoms with Crippen molar-refractivity contribution < 1.29 is 9.53 Å². The molecular weight excluding hydrogens is 390 g/mol. The van der Waals surface area contributed by atoms with Crippen LogP contribution in [0.1, 0.15) is 19.4 Å². The Morgan fingerprint density at radius 3 is 2.45 bits per heavy atom. The van der Waals surface area contributed by atoms with Gasteiger partial charge in [0.1, 0.15) is 17.0 Å². The minimum Gasteiger partial charge on any atom is -0.457 e. The van der Waals surface area contributed by atoms with Gasteiger partial charge in [-0.05, 0) is 61.9 Å². The summed E-state index contributed by atoms with van der Waals surface area (Å²) in [4.78, 5) is 19.4. The number of primary amides is 1. The predicted octanol–water partition coefficient (Wildman–Crippen LogP) is 4.64. The second kappa shape index (κ2) is 8.39. The molecule has 1 aromatic heterocycles. The van der Waals surface area contributed by atoms with Gasteiger partial charge < -0.3 is 26.1 Å². The lowest BCUT2D eigenvalue weighted by Crippen LogP contribution is -2.44. The van der Waals surface area contributed by atoms with Crippen LogP contribution in [0.25, 0.3) is 11.0 Å². The molecule has 31 heavy (non-hydrogen) atoms. The molecule has 7 nitrogen and oxygen atoms in total. The molecule has 1 amide bonds. The van der Waals surface area contributed by atoms with E-state index in [9.17, 15) is 4.79 Å². The zero-order valence-corrected chi connectivity index (χ0v) is 17.5. The summed E-state index contributed by atoms with van der Waals surface area (Å²) in [5.41, 5.74) is 8.18. The Morgan fingerprint density at radius 1 is 1.03 bits per heavy atom. The second-order valence-corrected chi connectivity index (χ2v) is 7.84. The maximum Gasteiger partial charge on any atom is 0.242 e. The number of aromatic nitrogens is 2. The van der Waals surface area contributed by atoms with Crippen molar-refractivity contribution in [3.8, 4) is 11.5 Å². The number of anilines is 2. The SMILES string of the molecule is CC(C)(Nc1ccc2nc(NCc3ccc(Oc4ccccc4)cc3)[nH]c2c1)C(N)=O. The molecule has 0 unspecified atom stereocenters. The zero-order chi connectivity index (χ0) is 21.8. The third-order valence-electron chi connectivity index (χ3n) is 4.92. The summed E-state index contributed by atoms with van der Waals surface area (Å²) in [6.45, 7) is 4.11. The molecule has 158 valence electrons. The Labute approximate surface area is 180 Å². The molecule has 0 radical (unpaired) electrons. The minimum atomic E-state index is -0.842. The number of nitrogens with zero attached hydrogens (tertiary/aromatic N) is 1. The van der Waals surface area contributed by atoms with E-state index in [1.54, 1.807) is 13.8 Å². The van der Waals surface area contributed by atoms with E-state index in [1.165, 1.54) is 0 Å². The third-order valence-corrected chi connectivity index (χ3v) is 4.92. The van der Waals surface area contributed by atoms with E-state index in [0.29, 0.717) is 12.5 Å². The number of hydrogen-bond donors (Lipinski definition) is 4. The number of imidazole rings is 1. The highest BCUT2D eigenvalue weighted by atomic mass is 16.5. The number of nitrogens with two attached hydrogens (primary N) is 1. The third kappa shape index (κ3) is 4.95. The average Bonchev–Trinajstić information content (AvgIpc) is 3.16. The van der Waals surface area contributed by atoms with Gasteiger partial charge >= 0.3 is 0 Å². The first-order chi connectivity index (χ1) is 14.9. The molecule has 0 atom stereocenters. The number of H-pyrrole nitrogens is 1. The zero-order valence-electron chi connectivity index (χ0n) is 17.5. The molecule has 4 aromatic rings. The van der Waals surface area contributed by atoms with E-state index in [4.69, 9.17) is 10.5 Å². The van der Waals surface area contributed by atoms with Crippen LogP contribution in [0, 0.1) is 0 Å². The van der Waals surface area contributed by atoms with Crippen molar-refractivity contribution in [1.29, 1.82) is 0 Å². The Kier molecular flexibility index (Phi) is 5.49. The van der Waals surface area contributed by atoms with Crippen LogP contribution in [0.5, 0.6) is 11.5 Å². The maximum absolute atomic E-state index is 11.5. The number of nitrogens with one attached hydrogen (secondary N) is 3. The highest BCUT2D eigenvalue weighted by Crippen LogP contribution is 2.23. The molecule has 0 aliphatic heterocycles. The van der Waals surface area contributed by atoms with Gasteiger partial charge in [0.15, 0.2) is 0 Å². The number of hydrogen-bond acceptors (Lipinski definition) is 5. The van der Waals surface area contributed by atoms with E-state index in [-0.39, 0.29) is 0 Å². The number of fused-ring (bicyclic) bond motifs is 1. The molecule has 0 saturated carbocycles. The summed E-state index contributed by atoms with van der Waals surface area (Å²) in [6.07, 6.45) is 0. The highest BCUT2D eigenvalue weighted by molar-refractivity contribution is 5.88. The number of benzene rings is 3. The van der Waals surface area contributed by atoms with Gasteiger partial charge in [-0.1, -0.05) is 30.3 Å². The van der Waals surface area contributed by atoms with Gasteiger partial charge in [0, 0.05) is 12.2 Å². The number of rotatable bonds is 8. The van der Waals surface area contributed by atoms with Gasteiger partial charge in [0.2, 0.25) is 11.9 Å². The molecule has 0 spiro atoms. The maximum atomic E-state index is 11.5. The predicted molar refractivity (Wildman–Crippen MR) is 123 cm³/mol. The average molecular weight is 415 g/mol. The number of ether oxygens (including phenoxy) is 1. The van der Waals surface area contributed by atoms with Crippen molar-refractivity contribution in [2.45, 2.75) is 25.9 Å². The monoisotopic (exact) mass is 415 g/mol. The molecule has 0 aliphatic rings. The fourth-order valence-electron chi connectivity index (χ4n) is 3.08. The summed E-state index contributed by atoms with van der Waals surface area (Å²) in [6, 6.07) is 23.3. The quantitative estimate of drug-likeness (QED) is 0.335. The smallest absolute Gasteiger partial charge is 0.242 e. The standard InChI is InChI=1S/C24H25N5O2/c1-24(2,22(25)30)29-17-10-13-20-21(14-17)28-23(27-20)26-15-16-8-11-19(12-9-16)31-18-6-4-3-5-7-18/h3-14,29H,15H2,1-2H3,(H2,25,30)(H2,26,27,28). The molecule has 0 fully saturated rings. The Balaban J connectivity index is 1.39. The molecule has 7 heteroatoms. The highest BCUT2D eigenvalue weighted by Gasteiger charge is 2.24. The lowest BCUT2D eigenvalue weighted by molar-refractivity contribution is -0.121. The van der Waals surface area contributed by atoms with Crippen LogP contribution in [0.2, 0.25) is 0 Å². The Hall–Kier alpha value is -4.00. The lowest BCUT2D eigenvalue weighted by Gasteiger charge is -2.23. The summed E-state index contributed by atoms with van der Waals surface area (Å²) in [7, 11) is 0. The van der Waals surface area contributed by atoms with Crippen molar-refractivity contribution in [2.24, 2.45) is 5.73 Å². The first-order valence-electron chi connectivity index (χ1n) is 10.0. The molecule has 3 aromatic carbocycles. The van der Waals surface area contributed by atoms with Crippen LogP contribution in [-0.4, -0.2) is 21.4 Å². The fourth-order valence-corrected chi connectivity index (χ4v) is 3.08. The van der Waals surface area contributed by atoms with Crippen LogP contribution in [-0.2, 0) is 11.3 Å². The number of amides is 1. The van der Waals surface area contributed by atoms with E-state index >= 15 is 0 Å². The summed E-state index contributed by atoms with van der Waals surface area (Å²) < 4.78 is 5.82.